The van der Waals surface area contributed by atoms with Crippen LogP contribution in [-0.4, -0.2) is 92.8 Å². The van der Waals surface area contributed by atoms with Gasteiger partial charge >= 0.3 is 0 Å². The number of carbonyl (C=O) groups excluding carboxylic acids is 3. The number of pyridine rings is 1. The van der Waals surface area contributed by atoms with Gasteiger partial charge in [0.15, 0.2) is 11.6 Å². The summed E-state index contributed by atoms with van der Waals surface area (Å²) in [6, 6.07) is 13.6. The summed E-state index contributed by atoms with van der Waals surface area (Å²) >= 11 is 0. The summed E-state index contributed by atoms with van der Waals surface area (Å²) in [5, 5.41) is 7.11. The molecule has 0 atom stereocenters. The van der Waals surface area contributed by atoms with Crippen LogP contribution >= 0.6 is 0 Å². The Balaban J connectivity index is 1.58. The first-order valence-electron chi connectivity index (χ1n) is 16.2. The summed E-state index contributed by atoms with van der Waals surface area (Å²) in [6.45, 7) is -1.11. The molecule has 1 aliphatic carbocycles. The van der Waals surface area contributed by atoms with Crippen LogP contribution in [0.3, 0.4) is 0 Å². The van der Waals surface area contributed by atoms with Gasteiger partial charge in [-0.25, -0.2) is 0 Å². The van der Waals surface area contributed by atoms with Gasteiger partial charge in [0, 0.05) is 35.7 Å². The zero-order valence-corrected chi connectivity index (χ0v) is 32.6. The zero-order chi connectivity index (χ0) is 42.7. The third kappa shape index (κ3) is 8.17. The second-order valence-corrected chi connectivity index (χ2v) is 18.4. The minimum absolute atomic E-state index is 0.0301. The van der Waals surface area contributed by atoms with E-state index in [9.17, 15) is 66.5 Å². The number of ketones is 2. The van der Waals surface area contributed by atoms with E-state index in [1.807, 2.05) is 0 Å². The van der Waals surface area contributed by atoms with Crippen LogP contribution in [0.5, 0.6) is 0 Å². The molecular weight excluding hydrogens is 849 g/mol. The molecule has 0 radical (unpaired) electrons. The number of aromatic nitrogens is 1. The maximum atomic E-state index is 14.4. The van der Waals surface area contributed by atoms with Gasteiger partial charge in [0.05, 0.1) is 50.9 Å². The first kappa shape index (κ1) is 41.9. The van der Waals surface area contributed by atoms with Gasteiger partial charge in [-0.2, -0.15) is 33.7 Å². The summed E-state index contributed by atoms with van der Waals surface area (Å²) in [7, 11) is -18.7. The van der Waals surface area contributed by atoms with Crippen molar-refractivity contribution >= 4 is 85.9 Å². The van der Waals surface area contributed by atoms with Crippen molar-refractivity contribution < 1.29 is 66.3 Å². The lowest BCUT2D eigenvalue weighted by Gasteiger charge is -2.26. The molecule has 0 spiro atoms. The fraction of sp³-hybridized carbons (Fsp3) is 0.118. The fourth-order valence-corrected chi connectivity index (χ4v) is 8.67. The van der Waals surface area contributed by atoms with Crippen LogP contribution < -0.4 is 21.5 Å². The molecule has 1 heterocycles. The second kappa shape index (κ2) is 14.9. The van der Waals surface area contributed by atoms with Crippen LogP contribution in [0.15, 0.2) is 92.3 Å². The summed E-state index contributed by atoms with van der Waals surface area (Å²) < 4.78 is 136. The van der Waals surface area contributed by atoms with Crippen LogP contribution in [0.4, 0.5) is 17.1 Å². The Labute approximate surface area is 328 Å². The van der Waals surface area contributed by atoms with Gasteiger partial charge in [0.2, 0.25) is 5.91 Å². The molecule has 0 saturated heterocycles. The maximum Gasteiger partial charge on any atom is 0.296 e. The van der Waals surface area contributed by atoms with Gasteiger partial charge in [-0.15, -0.1) is 0 Å². The van der Waals surface area contributed by atoms with Crippen molar-refractivity contribution in [2.75, 3.05) is 29.5 Å². The highest BCUT2D eigenvalue weighted by Gasteiger charge is 2.35. The number of aryl methyl sites for hydroxylation is 1. The number of nitrogens with one attached hydrogen (secondary N) is 3. The number of anilines is 3. The Hall–Kier alpha value is -5.70. The van der Waals surface area contributed by atoms with Crippen LogP contribution in [0.2, 0.25) is 0 Å². The SMILES string of the molecule is Cn1c(=O)c(C(=O)c2cccc(S(=O)(=O)O)c2)c2c3c(c(Nc4cc(NC(=O)CNCCS(=O)(=O)O)c(S(=O)(=O)O)cc4S(=O)(=O)O)ccc31)C(=O)c1ccccc1-2. The van der Waals surface area contributed by atoms with Crippen LogP contribution in [0.1, 0.15) is 31.8 Å². The number of hydrogen-bond acceptors (Lipinski definition) is 14. The number of fused-ring (bicyclic) bond motifs is 2. The molecule has 6 rings (SSSR count). The number of hydrogen-bond donors (Lipinski definition) is 7. The Morgan fingerprint density at radius 1 is 0.690 bits per heavy atom. The van der Waals surface area contributed by atoms with E-state index in [2.05, 4.69) is 16.0 Å². The van der Waals surface area contributed by atoms with Gasteiger partial charge in [0.1, 0.15) is 9.79 Å². The molecule has 0 unspecified atom stereocenters. The van der Waals surface area contributed by atoms with Gasteiger partial charge in [-0.3, -0.25) is 37.4 Å². The standard InChI is InChI=1S/C34H28N4O16S4/c1-38-24-10-9-21(36-22-14-23(37-27(39)16-35-11-12-55(43,44)45)26(58(52,53)54)15-25(22)57(49,50)51)29-30(24)28(19-7-2-3-8-20(19)33(29)41)31(34(38)42)32(40)17-5-4-6-18(13-17)56(46,47)48/h2-10,13-15,35-36H,11-12,16H2,1H3,(H,37,39)(H,43,44,45)(H,46,47,48)(H,49,50,51)(H,52,53,54). The third-order valence-electron chi connectivity index (χ3n) is 8.86. The van der Waals surface area contributed by atoms with E-state index in [4.69, 9.17) is 4.55 Å². The highest BCUT2D eigenvalue weighted by atomic mass is 32.2. The average Bonchev–Trinajstić information content (AvgIpc) is 3.12. The molecule has 7 N–H and O–H groups in total. The molecule has 5 aromatic rings. The van der Waals surface area contributed by atoms with Crippen LogP contribution in [0.25, 0.3) is 22.0 Å². The van der Waals surface area contributed by atoms with Crippen LogP contribution in [0, 0.1) is 0 Å². The fourth-order valence-electron chi connectivity index (χ4n) is 6.36. The first-order valence-corrected chi connectivity index (χ1v) is 22.1. The lowest BCUT2D eigenvalue weighted by atomic mass is 9.80. The lowest BCUT2D eigenvalue weighted by Crippen LogP contribution is -2.32. The molecule has 24 heteroatoms. The molecular formula is C34H28N4O16S4. The van der Waals surface area contributed by atoms with E-state index in [0.29, 0.717) is 12.1 Å². The Bertz CT molecular complexity index is 3160. The number of amides is 1. The van der Waals surface area contributed by atoms with Crippen molar-refractivity contribution in [3.05, 3.63) is 105 Å². The highest BCUT2D eigenvalue weighted by molar-refractivity contribution is 7.87. The number of benzene rings is 4. The van der Waals surface area contributed by atoms with Crippen LogP contribution in [-0.2, 0) is 52.3 Å². The number of rotatable bonds is 13. The Morgan fingerprint density at radius 3 is 1.95 bits per heavy atom. The second-order valence-electron chi connectivity index (χ2n) is 12.6. The topological polar surface area (TPSA) is 327 Å². The van der Waals surface area contributed by atoms with Gasteiger partial charge in [0.25, 0.3) is 46.0 Å². The monoisotopic (exact) mass is 876 g/mol. The number of nitrogens with zero attached hydrogens (tertiary/aromatic N) is 1. The predicted octanol–water partition coefficient (Wildman–Crippen LogP) is 1.88. The molecule has 4 aromatic carbocycles. The first-order chi connectivity index (χ1) is 26.9. The van der Waals surface area contributed by atoms with E-state index in [0.717, 1.165) is 22.8 Å². The van der Waals surface area contributed by atoms with E-state index >= 15 is 0 Å². The van der Waals surface area contributed by atoms with E-state index in [1.165, 1.54) is 49.5 Å². The minimum Gasteiger partial charge on any atom is -0.354 e. The zero-order valence-electron chi connectivity index (χ0n) is 29.3. The summed E-state index contributed by atoms with van der Waals surface area (Å²) in [4.78, 5) is 52.3. The molecule has 0 saturated carbocycles. The van der Waals surface area contributed by atoms with E-state index in [-0.39, 0.29) is 44.4 Å². The molecule has 304 valence electrons. The molecule has 1 amide bonds. The molecule has 1 aliphatic rings. The molecule has 20 nitrogen and oxygen atoms in total. The van der Waals surface area contributed by atoms with Gasteiger partial charge < -0.3 is 20.5 Å². The largest absolute Gasteiger partial charge is 0.354 e. The third-order valence-corrected chi connectivity index (χ3v) is 12.2. The van der Waals surface area contributed by atoms with Gasteiger partial charge in [-0.05, 0) is 42.0 Å². The van der Waals surface area contributed by atoms with Crippen molar-refractivity contribution in [1.82, 2.24) is 9.88 Å². The Kier molecular flexibility index (Phi) is 10.8. The highest BCUT2D eigenvalue weighted by Crippen LogP contribution is 2.45. The molecule has 58 heavy (non-hydrogen) atoms. The van der Waals surface area contributed by atoms with Gasteiger partial charge in [-0.1, -0.05) is 36.4 Å². The summed E-state index contributed by atoms with van der Waals surface area (Å²) in [6.07, 6.45) is 0. The molecule has 0 aliphatic heterocycles. The van der Waals surface area contributed by atoms with Crippen molar-refractivity contribution in [3.63, 3.8) is 0 Å². The number of carbonyl (C=O) groups is 3. The molecule has 0 fully saturated rings. The molecule has 0 bridgehead atoms. The predicted molar refractivity (Wildman–Crippen MR) is 205 cm³/mol. The van der Waals surface area contributed by atoms with Crippen molar-refractivity contribution in [1.29, 1.82) is 0 Å². The normalized spacial score (nSPS) is 12.9. The Morgan fingerprint density at radius 2 is 1.33 bits per heavy atom. The molecule has 1 aromatic heterocycles. The summed E-state index contributed by atoms with van der Waals surface area (Å²) in [5.41, 5.74) is -3.60. The lowest BCUT2D eigenvalue weighted by molar-refractivity contribution is -0.115. The van der Waals surface area contributed by atoms with E-state index < -0.39 is 114 Å². The van der Waals surface area contributed by atoms with Crippen molar-refractivity contribution in [3.8, 4) is 11.1 Å². The van der Waals surface area contributed by atoms with Crippen molar-refractivity contribution in [2.24, 2.45) is 7.05 Å². The summed E-state index contributed by atoms with van der Waals surface area (Å²) in [5.74, 6) is -3.58. The minimum atomic E-state index is -5.39. The van der Waals surface area contributed by atoms with E-state index in [1.54, 1.807) is 0 Å². The maximum absolute atomic E-state index is 14.4. The quantitative estimate of drug-likeness (QED) is 0.0495. The average molecular weight is 877 g/mol. The smallest absolute Gasteiger partial charge is 0.296 e. The van der Waals surface area contributed by atoms with Crippen molar-refractivity contribution in [2.45, 2.75) is 14.7 Å².